The van der Waals surface area contributed by atoms with Crippen molar-refractivity contribution in [2.45, 2.75) is 85.9 Å². The molecule has 0 aliphatic heterocycles. The zero-order valence-electron chi connectivity index (χ0n) is 14.3. The van der Waals surface area contributed by atoms with Gasteiger partial charge in [-0.05, 0) is 40.0 Å². The van der Waals surface area contributed by atoms with Gasteiger partial charge in [-0.3, -0.25) is 0 Å². The van der Waals surface area contributed by atoms with Gasteiger partial charge in [0, 0.05) is 24.8 Å². The van der Waals surface area contributed by atoms with Crippen molar-refractivity contribution in [3.05, 3.63) is 17.7 Å². The summed E-state index contributed by atoms with van der Waals surface area (Å²) < 4.78 is 2.41. The molecule has 1 rings (SSSR count). The molecule has 20 heavy (non-hydrogen) atoms. The molecule has 0 saturated carbocycles. The maximum Gasteiger partial charge on any atom is 0.105 e. The van der Waals surface area contributed by atoms with E-state index in [1.54, 1.807) is 0 Å². The molecule has 0 bridgehead atoms. The van der Waals surface area contributed by atoms with Crippen molar-refractivity contribution in [1.82, 2.24) is 14.9 Å². The van der Waals surface area contributed by atoms with Crippen LogP contribution in [0.4, 0.5) is 0 Å². The lowest BCUT2D eigenvalue weighted by Crippen LogP contribution is -2.35. The van der Waals surface area contributed by atoms with Gasteiger partial charge in [0.2, 0.25) is 0 Å². The Morgan fingerprint density at radius 2 is 2.00 bits per heavy atom. The molecular weight excluding hydrogens is 246 g/mol. The standard InChI is InChI=1S/C17H33N3/c1-7-9-10-15(8-2)13-20-14(3)18-11-16(20)12-19-17(4,5)6/h11,15,19H,7-10,12-13H2,1-6H3. The van der Waals surface area contributed by atoms with Crippen LogP contribution in [-0.4, -0.2) is 15.1 Å². The van der Waals surface area contributed by atoms with E-state index in [4.69, 9.17) is 0 Å². The lowest BCUT2D eigenvalue weighted by atomic mass is 9.99. The largest absolute Gasteiger partial charge is 0.331 e. The fourth-order valence-electron chi connectivity index (χ4n) is 2.44. The molecule has 0 radical (unpaired) electrons. The third-order valence-corrected chi connectivity index (χ3v) is 3.92. The van der Waals surface area contributed by atoms with Crippen molar-refractivity contribution in [1.29, 1.82) is 0 Å². The van der Waals surface area contributed by atoms with Gasteiger partial charge in [0.15, 0.2) is 0 Å². The maximum absolute atomic E-state index is 4.51. The number of nitrogens with one attached hydrogen (secondary N) is 1. The van der Waals surface area contributed by atoms with Gasteiger partial charge in [-0.2, -0.15) is 0 Å². The molecule has 3 heteroatoms. The van der Waals surface area contributed by atoms with Crippen LogP contribution in [0.15, 0.2) is 6.20 Å². The van der Waals surface area contributed by atoms with Gasteiger partial charge in [0.25, 0.3) is 0 Å². The van der Waals surface area contributed by atoms with E-state index in [2.05, 4.69) is 56.4 Å². The first-order valence-corrected chi connectivity index (χ1v) is 8.13. The first-order chi connectivity index (χ1) is 9.37. The highest BCUT2D eigenvalue weighted by Gasteiger charge is 2.14. The summed E-state index contributed by atoms with van der Waals surface area (Å²) >= 11 is 0. The Kier molecular flexibility index (Phi) is 6.74. The number of hydrogen-bond acceptors (Lipinski definition) is 2. The van der Waals surface area contributed by atoms with Crippen LogP contribution in [0.5, 0.6) is 0 Å². The van der Waals surface area contributed by atoms with Gasteiger partial charge >= 0.3 is 0 Å². The molecule has 1 aromatic heterocycles. The van der Waals surface area contributed by atoms with Crippen LogP contribution in [0, 0.1) is 12.8 Å². The number of rotatable bonds is 8. The van der Waals surface area contributed by atoms with E-state index in [-0.39, 0.29) is 5.54 Å². The highest BCUT2D eigenvalue weighted by molar-refractivity contribution is 5.05. The minimum absolute atomic E-state index is 0.148. The van der Waals surface area contributed by atoms with Gasteiger partial charge < -0.3 is 9.88 Å². The van der Waals surface area contributed by atoms with Gasteiger partial charge in [-0.1, -0.05) is 33.1 Å². The zero-order chi connectivity index (χ0) is 15.2. The molecule has 0 spiro atoms. The Morgan fingerprint density at radius 3 is 2.55 bits per heavy atom. The minimum Gasteiger partial charge on any atom is -0.331 e. The third kappa shape index (κ3) is 5.66. The second kappa shape index (κ2) is 7.82. The van der Waals surface area contributed by atoms with Crippen LogP contribution in [0.25, 0.3) is 0 Å². The Hall–Kier alpha value is -0.830. The normalized spacial score (nSPS) is 13.7. The lowest BCUT2D eigenvalue weighted by molar-refractivity contribution is 0.369. The second-order valence-electron chi connectivity index (χ2n) is 6.93. The van der Waals surface area contributed by atoms with Crippen LogP contribution in [-0.2, 0) is 13.1 Å². The summed E-state index contributed by atoms with van der Waals surface area (Å²) in [5.41, 5.74) is 1.46. The smallest absolute Gasteiger partial charge is 0.105 e. The van der Waals surface area contributed by atoms with Crippen molar-refractivity contribution in [3.8, 4) is 0 Å². The first kappa shape index (κ1) is 17.2. The summed E-state index contributed by atoms with van der Waals surface area (Å²) in [6.07, 6.45) is 7.24. The third-order valence-electron chi connectivity index (χ3n) is 3.92. The maximum atomic E-state index is 4.51. The fraction of sp³-hybridized carbons (Fsp3) is 0.824. The molecule has 0 aliphatic carbocycles. The molecule has 3 nitrogen and oxygen atoms in total. The van der Waals surface area contributed by atoms with Gasteiger partial charge in [-0.25, -0.2) is 4.98 Å². The topological polar surface area (TPSA) is 29.9 Å². The van der Waals surface area contributed by atoms with Gasteiger partial charge in [-0.15, -0.1) is 0 Å². The molecule has 1 heterocycles. The lowest BCUT2D eigenvalue weighted by Gasteiger charge is -2.23. The molecule has 0 amide bonds. The van der Waals surface area contributed by atoms with E-state index in [0.29, 0.717) is 0 Å². The number of aromatic nitrogens is 2. The van der Waals surface area contributed by atoms with Crippen molar-refractivity contribution in [2.24, 2.45) is 5.92 Å². The van der Waals surface area contributed by atoms with Crippen LogP contribution >= 0.6 is 0 Å². The summed E-state index contributed by atoms with van der Waals surface area (Å²) in [5.74, 6) is 1.92. The van der Waals surface area contributed by atoms with E-state index in [9.17, 15) is 0 Å². The number of imidazole rings is 1. The van der Waals surface area contributed by atoms with E-state index < -0.39 is 0 Å². The highest BCUT2D eigenvalue weighted by atomic mass is 15.1. The van der Waals surface area contributed by atoms with E-state index >= 15 is 0 Å². The average Bonchev–Trinajstić information content (AvgIpc) is 2.72. The van der Waals surface area contributed by atoms with E-state index in [1.807, 2.05) is 6.20 Å². The molecule has 0 aliphatic rings. The Morgan fingerprint density at radius 1 is 1.30 bits per heavy atom. The second-order valence-corrected chi connectivity index (χ2v) is 6.93. The first-order valence-electron chi connectivity index (χ1n) is 8.13. The summed E-state index contributed by atoms with van der Waals surface area (Å²) in [7, 11) is 0. The monoisotopic (exact) mass is 279 g/mol. The molecule has 1 unspecified atom stereocenters. The number of aryl methyl sites for hydroxylation is 1. The number of hydrogen-bond donors (Lipinski definition) is 1. The van der Waals surface area contributed by atoms with Crippen LogP contribution < -0.4 is 5.32 Å². The quantitative estimate of drug-likeness (QED) is 0.769. The van der Waals surface area contributed by atoms with Crippen LogP contribution in [0.1, 0.15) is 71.8 Å². The zero-order valence-corrected chi connectivity index (χ0v) is 14.3. The Labute approximate surface area is 125 Å². The van der Waals surface area contributed by atoms with Crippen molar-refractivity contribution in [2.75, 3.05) is 0 Å². The van der Waals surface area contributed by atoms with E-state index in [1.165, 1.54) is 31.4 Å². The molecule has 1 N–H and O–H groups in total. The number of unbranched alkanes of at least 4 members (excludes halogenated alkanes) is 1. The summed E-state index contributed by atoms with van der Waals surface area (Å²) in [4.78, 5) is 4.51. The highest BCUT2D eigenvalue weighted by Crippen LogP contribution is 2.18. The van der Waals surface area contributed by atoms with Gasteiger partial charge in [0.1, 0.15) is 5.82 Å². The van der Waals surface area contributed by atoms with Crippen molar-refractivity contribution >= 4 is 0 Å². The van der Waals surface area contributed by atoms with Gasteiger partial charge in [0.05, 0.1) is 5.69 Å². The fourth-order valence-corrected chi connectivity index (χ4v) is 2.44. The average molecular weight is 279 g/mol. The SMILES string of the molecule is CCCCC(CC)Cn1c(CNC(C)(C)C)cnc1C. The summed E-state index contributed by atoms with van der Waals surface area (Å²) in [5, 5.41) is 3.57. The van der Waals surface area contributed by atoms with E-state index in [0.717, 1.165) is 24.8 Å². The number of nitrogens with zero attached hydrogens (tertiary/aromatic N) is 2. The van der Waals surface area contributed by atoms with Crippen LogP contribution in [0.2, 0.25) is 0 Å². The minimum atomic E-state index is 0.148. The molecule has 0 aromatic carbocycles. The predicted octanol–water partition coefficient (Wildman–Crippen LogP) is 4.30. The van der Waals surface area contributed by atoms with Crippen LogP contribution in [0.3, 0.4) is 0 Å². The Bertz CT molecular complexity index is 387. The summed E-state index contributed by atoms with van der Waals surface area (Å²) in [6.45, 7) is 15.3. The molecular formula is C17H33N3. The molecule has 116 valence electrons. The molecule has 0 fully saturated rings. The molecule has 1 atom stereocenters. The summed E-state index contributed by atoms with van der Waals surface area (Å²) in [6, 6.07) is 0. The predicted molar refractivity (Wildman–Crippen MR) is 86.9 cm³/mol. The van der Waals surface area contributed by atoms with Crippen molar-refractivity contribution in [3.63, 3.8) is 0 Å². The molecule has 1 aromatic rings. The van der Waals surface area contributed by atoms with Crippen molar-refractivity contribution < 1.29 is 0 Å². The Balaban J connectivity index is 2.70. The molecule has 0 saturated heterocycles.